The van der Waals surface area contributed by atoms with Crippen molar-refractivity contribution < 1.29 is 17.9 Å². The van der Waals surface area contributed by atoms with Gasteiger partial charge in [0, 0.05) is 18.7 Å². The molecule has 8 heteroatoms. The van der Waals surface area contributed by atoms with Crippen molar-refractivity contribution in [1.82, 2.24) is 10.2 Å². The number of nitrogens with zero attached hydrogens (tertiary/aromatic N) is 1. The molecule has 2 aromatic carbocycles. The molecule has 0 bridgehead atoms. The number of rotatable bonds is 9. The monoisotopic (exact) mass is 391 g/mol. The lowest BCUT2D eigenvalue weighted by molar-refractivity contribution is 0.0951. The molecule has 0 aliphatic rings. The van der Waals surface area contributed by atoms with Gasteiger partial charge in [-0.3, -0.25) is 9.52 Å². The van der Waals surface area contributed by atoms with E-state index in [9.17, 15) is 13.2 Å². The normalized spacial score (nSPS) is 11.3. The number of nitrogens with one attached hydrogen (secondary N) is 2. The maximum atomic E-state index is 12.7. The molecule has 0 aliphatic heterocycles. The summed E-state index contributed by atoms with van der Waals surface area (Å²) in [5.74, 6) is 0.129. The molecule has 146 valence electrons. The van der Waals surface area contributed by atoms with E-state index in [-0.39, 0.29) is 16.4 Å². The number of carbonyl (C=O) groups excluding carboxylic acids is 1. The molecule has 0 heterocycles. The summed E-state index contributed by atoms with van der Waals surface area (Å²) < 4.78 is 33.4. The van der Waals surface area contributed by atoms with Crippen molar-refractivity contribution in [2.45, 2.75) is 11.8 Å². The van der Waals surface area contributed by atoms with E-state index in [0.717, 1.165) is 0 Å². The van der Waals surface area contributed by atoms with Crippen molar-refractivity contribution >= 4 is 21.6 Å². The molecule has 0 atom stereocenters. The molecule has 7 nitrogen and oxygen atoms in total. The largest absolute Gasteiger partial charge is 0.492 e. The zero-order chi connectivity index (χ0) is 19.9. The number of hydrogen-bond acceptors (Lipinski definition) is 5. The minimum Gasteiger partial charge on any atom is -0.492 e. The van der Waals surface area contributed by atoms with Crippen LogP contribution in [0.4, 0.5) is 5.69 Å². The Morgan fingerprint density at radius 3 is 2.56 bits per heavy atom. The number of para-hydroxylation sites is 2. The van der Waals surface area contributed by atoms with Crippen LogP contribution < -0.4 is 14.8 Å². The van der Waals surface area contributed by atoms with Crippen LogP contribution in [0, 0.1) is 0 Å². The topological polar surface area (TPSA) is 87.7 Å². The molecule has 2 aromatic rings. The molecule has 0 spiro atoms. The standard InChI is InChI=1S/C19H25N3O4S/c1-4-26-18-11-6-5-10-17(18)21-27(24,25)16-9-7-8-15(14-16)19(23)20-12-13-22(2)3/h5-11,14,21H,4,12-13H2,1-3H3,(H,20,23). The Labute approximate surface area is 160 Å². The molecule has 1 amide bonds. The molecule has 0 radical (unpaired) electrons. The lowest BCUT2D eigenvalue weighted by Gasteiger charge is -2.13. The Kier molecular flexibility index (Phi) is 7.20. The van der Waals surface area contributed by atoms with E-state index in [4.69, 9.17) is 4.74 Å². The van der Waals surface area contributed by atoms with Gasteiger partial charge in [0.25, 0.3) is 15.9 Å². The molecule has 0 saturated heterocycles. The average molecular weight is 391 g/mol. The van der Waals surface area contributed by atoms with Gasteiger partial charge in [-0.25, -0.2) is 8.42 Å². The second-order valence-electron chi connectivity index (χ2n) is 6.12. The second-order valence-corrected chi connectivity index (χ2v) is 7.80. The molecule has 0 aliphatic carbocycles. The first-order valence-corrected chi connectivity index (χ1v) is 10.1. The van der Waals surface area contributed by atoms with Crippen LogP contribution in [-0.4, -0.2) is 53.0 Å². The van der Waals surface area contributed by atoms with Crippen molar-refractivity contribution in [1.29, 1.82) is 0 Å². The number of amides is 1. The molecule has 0 aromatic heterocycles. The van der Waals surface area contributed by atoms with Crippen LogP contribution in [0.3, 0.4) is 0 Å². The van der Waals surface area contributed by atoms with E-state index in [1.807, 2.05) is 25.9 Å². The van der Waals surface area contributed by atoms with Crippen LogP contribution in [0.5, 0.6) is 5.75 Å². The zero-order valence-electron chi connectivity index (χ0n) is 15.7. The highest BCUT2D eigenvalue weighted by atomic mass is 32.2. The van der Waals surface area contributed by atoms with Crippen molar-refractivity contribution in [2.24, 2.45) is 0 Å². The van der Waals surface area contributed by atoms with Gasteiger partial charge in [0.05, 0.1) is 17.2 Å². The number of sulfonamides is 1. The SMILES string of the molecule is CCOc1ccccc1NS(=O)(=O)c1cccc(C(=O)NCCN(C)C)c1. The van der Waals surface area contributed by atoms with Crippen molar-refractivity contribution in [2.75, 3.05) is 38.5 Å². The fourth-order valence-electron chi connectivity index (χ4n) is 2.34. The number of benzene rings is 2. The Hall–Kier alpha value is -2.58. The van der Waals surface area contributed by atoms with E-state index < -0.39 is 10.0 Å². The van der Waals surface area contributed by atoms with Crippen molar-refractivity contribution in [3.63, 3.8) is 0 Å². The van der Waals surface area contributed by atoms with Gasteiger partial charge in [-0.05, 0) is 51.4 Å². The molecular formula is C19H25N3O4S. The summed E-state index contributed by atoms with van der Waals surface area (Å²) in [7, 11) is -0.0466. The minimum absolute atomic E-state index is 0.00839. The van der Waals surface area contributed by atoms with Crippen LogP contribution in [-0.2, 0) is 10.0 Å². The van der Waals surface area contributed by atoms with E-state index in [1.54, 1.807) is 36.4 Å². The fraction of sp³-hybridized carbons (Fsp3) is 0.316. The molecular weight excluding hydrogens is 366 g/mol. The minimum atomic E-state index is -3.86. The maximum Gasteiger partial charge on any atom is 0.262 e. The van der Waals surface area contributed by atoms with E-state index in [2.05, 4.69) is 10.0 Å². The van der Waals surface area contributed by atoms with Crippen molar-refractivity contribution in [3.8, 4) is 5.75 Å². The predicted molar refractivity (Wildman–Crippen MR) is 106 cm³/mol. The smallest absolute Gasteiger partial charge is 0.262 e. The summed E-state index contributed by atoms with van der Waals surface area (Å²) in [4.78, 5) is 14.2. The first kappa shape index (κ1) is 20.7. The van der Waals surface area contributed by atoms with Gasteiger partial charge in [-0.15, -0.1) is 0 Å². The third kappa shape index (κ3) is 5.97. The summed E-state index contributed by atoms with van der Waals surface area (Å²) in [6, 6.07) is 12.7. The van der Waals surface area contributed by atoms with Gasteiger partial charge in [0.1, 0.15) is 5.75 Å². The Morgan fingerprint density at radius 1 is 1.11 bits per heavy atom. The number of hydrogen-bond donors (Lipinski definition) is 2. The predicted octanol–water partition coefficient (Wildman–Crippen LogP) is 2.18. The highest BCUT2D eigenvalue weighted by Crippen LogP contribution is 2.26. The van der Waals surface area contributed by atoms with Crippen LogP contribution in [0.1, 0.15) is 17.3 Å². The molecule has 0 fully saturated rings. The van der Waals surface area contributed by atoms with Crippen LogP contribution >= 0.6 is 0 Å². The number of carbonyl (C=O) groups is 1. The third-order valence-corrected chi connectivity index (χ3v) is 5.05. The van der Waals surface area contributed by atoms with Gasteiger partial charge < -0.3 is 15.0 Å². The highest BCUT2D eigenvalue weighted by Gasteiger charge is 2.18. The first-order valence-electron chi connectivity index (χ1n) is 8.61. The van der Waals surface area contributed by atoms with Gasteiger partial charge in [-0.1, -0.05) is 18.2 Å². The lowest BCUT2D eigenvalue weighted by Crippen LogP contribution is -2.31. The quantitative estimate of drug-likeness (QED) is 0.684. The van der Waals surface area contributed by atoms with Crippen LogP contribution in [0.2, 0.25) is 0 Å². The number of ether oxygens (including phenoxy) is 1. The van der Waals surface area contributed by atoms with E-state index in [0.29, 0.717) is 31.1 Å². The Balaban J connectivity index is 2.18. The summed E-state index contributed by atoms with van der Waals surface area (Å²) in [5.41, 5.74) is 0.634. The van der Waals surface area contributed by atoms with Gasteiger partial charge in [-0.2, -0.15) is 0 Å². The highest BCUT2D eigenvalue weighted by molar-refractivity contribution is 7.92. The summed E-state index contributed by atoms with van der Waals surface area (Å²) in [6.07, 6.45) is 0. The molecule has 27 heavy (non-hydrogen) atoms. The maximum absolute atomic E-state index is 12.7. The Bertz CT molecular complexity index is 882. The van der Waals surface area contributed by atoms with E-state index in [1.165, 1.54) is 12.1 Å². The number of anilines is 1. The van der Waals surface area contributed by atoms with Gasteiger partial charge in [0.15, 0.2) is 0 Å². The van der Waals surface area contributed by atoms with E-state index >= 15 is 0 Å². The second kappa shape index (κ2) is 9.38. The fourth-order valence-corrected chi connectivity index (χ4v) is 3.45. The van der Waals surface area contributed by atoms with Crippen molar-refractivity contribution in [3.05, 3.63) is 54.1 Å². The summed E-state index contributed by atoms with van der Waals surface area (Å²) in [6.45, 7) is 3.41. The summed E-state index contributed by atoms with van der Waals surface area (Å²) in [5, 5.41) is 2.77. The summed E-state index contributed by atoms with van der Waals surface area (Å²) >= 11 is 0. The number of likely N-dealkylation sites (N-methyl/N-ethyl adjacent to an activating group) is 1. The molecule has 2 N–H and O–H groups in total. The van der Waals surface area contributed by atoms with Gasteiger partial charge in [0.2, 0.25) is 0 Å². The molecule has 2 rings (SSSR count). The van der Waals surface area contributed by atoms with Gasteiger partial charge >= 0.3 is 0 Å². The van der Waals surface area contributed by atoms with Crippen LogP contribution in [0.25, 0.3) is 0 Å². The lowest BCUT2D eigenvalue weighted by atomic mass is 10.2. The first-order chi connectivity index (χ1) is 12.8. The Morgan fingerprint density at radius 2 is 1.85 bits per heavy atom. The van der Waals surface area contributed by atoms with Crippen LogP contribution in [0.15, 0.2) is 53.4 Å². The molecule has 0 saturated carbocycles. The molecule has 0 unspecified atom stereocenters. The average Bonchev–Trinajstić information content (AvgIpc) is 2.63. The third-order valence-electron chi connectivity index (χ3n) is 3.68. The zero-order valence-corrected chi connectivity index (χ0v) is 16.5.